The molecule has 21 heteroatoms. The predicted octanol–water partition coefficient (Wildman–Crippen LogP) is 4.10. The van der Waals surface area contributed by atoms with E-state index >= 15 is 0 Å². The number of nitrogens with one attached hydrogen (secondary N) is 5. The zero-order valence-electron chi connectivity index (χ0n) is 41.3. The fourth-order valence-electron chi connectivity index (χ4n) is 7.40. The summed E-state index contributed by atoms with van der Waals surface area (Å²) in [6.45, 7) is 6.05. The van der Waals surface area contributed by atoms with E-state index in [-0.39, 0.29) is 46.4 Å². The highest BCUT2D eigenvalue weighted by Crippen LogP contribution is 2.34. The van der Waals surface area contributed by atoms with Crippen molar-refractivity contribution in [1.82, 2.24) is 26.6 Å². The molecule has 0 aromatic heterocycles. The minimum Gasteiger partial charge on any atom is -0.496 e. The van der Waals surface area contributed by atoms with E-state index in [0.717, 1.165) is 43.2 Å². The number of hydrogen-bond acceptors (Lipinski definition) is 15. The number of ether oxygens (including phenoxy) is 6. The highest BCUT2D eigenvalue weighted by molar-refractivity contribution is 6.32. The SMILES string of the molecule is COC(=O)[C@H](CCCCNC(=O)CCCCCNC(=O)CCCCCCC(=O)NCc1cccc(COc2cc(OC)c(C(=O)N[C@H]3[C@@H](OC)O[C@H](CO)[C@@H](O)[C@@H]3O)cc2Cl)c1)NC(=O)OC(C)(C)C. The maximum atomic E-state index is 13.3. The summed E-state index contributed by atoms with van der Waals surface area (Å²) >= 11 is 6.52. The molecule has 2 aromatic carbocycles. The van der Waals surface area contributed by atoms with Crippen LogP contribution in [0.25, 0.3) is 0 Å². The maximum absolute atomic E-state index is 13.3. The number of amides is 5. The van der Waals surface area contributed by atoms with E-state index in [2.05, 4.69) is 26.6 Å². The molecule has 0 saturated carbocycles. The average molecular weight is 1010 g/mol. The predicted molar refractivity (Wildman–Crippen MR) is 258 cm³/mol. The highest BCUT2D eigenvalue weighted by Gasteiger charge is 2.45. The molecule has 1 aliphatic heterocycles. The third-order valence-corrected chi connectivity index (χ3v) is 11.5. The number of unbranched alkanes of at least 4 members (excludes halogenated alkanes) is 6. The maximum Gasteiger partial charge on any atom is 0.408 e. The molecule has 392 valence electrons. The van der Waals surface area contributed by atoms with Crippen molar-refractivity contribution >= 4 is 47.3 Å². The van der Waals surface area contributed by atoms with Gasteiger partial charge in [0.1, 0.15) is 54.1 Å². The van der Waals surface area contributed by atoms with Gasteiger partial charge < -0.3 is 70.3 Å². The van der Waals surface area contributed by atoms with Gasteiger partial charge in [-0.3, -0.25) is 19.2 Å². The van der Waals surface area contributed by atoms with Crippen molar-refractivity contribution in [3.8, 4) is 11.5 Å². The molecule has 1 fully saturated rings. The van der Waals surface area contributed by atoms with Gasteiger partial charge in [0.2, 0.25) is 17.7 Å². The van der Waals surface area contributed by atoms with Crippen molar-refractivity contribution in [3.05, 3.63) is 58.1 Å². The molecule has 6 atom stereocenters. The third-order valence-electron chi connectivity index (χ3n) is 11.2. The van der Waals surface area contributed by atoms with Gasteiger partial charge >= 0.3 is 12.1 Å². The normalized spacial score (nSPS) is 18.2. The van der Waals surface area contributed by atoms with E-state index in [1.54, 1.807) is 20.8 Å². The molecule has 0 bridgehead atoms. The summed E-state index contributed by atoms with van der Waals surface area (Å²) in [6.07, 6.45) is 2.08. The fourth-order valence-corrected chi connectivity index (χ4v) is 7.61. The van der Waals surface area contributed by atoms with Crippen LogP contribution < -0.4 is 36.1 Å². The summed E-state index contributed by atoms with van der Waals surface area (Å²) in [5, 5.41) is 44.4. The molecule has 1 aliphatic rings. The monoisotopic (exact) mass is 1010 g/mol. The van der Waals surface area contributed by atoms with Gasteiger partial charge in [0.05, 0.1) is 31.4 Å². The minimum absolute atomic E-state index is 0.0181. The summed E-state index contributed by atoms with van der Waals surface area (Å²) in [7, 11) is 3.92. The van der Waals surface area contributed by atoms with Crippen LogP contribution in [-0.2, 0) is 51.3 Å². The second-order valence-electron chi connectivity index (χ2n) is 18.0. The molecule has 3 rings (SSSR count). The lowest BCUT2D eigenvalue weighted by molar-refractivity contribution is -0.261. The number of esters is 1. The van der Waals surface area contributed by atoms with Gasteiger partial charge in [-0.25, -0.2) is 9.59 Å². The Morgan fingerprint density at radius 2 is 1.36 bits per heavy atom. The first-order valence-electron chi connectivity index (χ1n) is 23.8. The molecule has 5 amide bonds. The van der Waals surface area contributed by atoms with Crippen molar-refractivity contribution in [1.29, 1.82) is 0 Å². The zero-order valence-corrected chi connectivity index (χ0v) is 42.0. The number of aliphatic hydroxyl groups is 3. The second-order valence-corrected chi connectivity index (χ2v) is 18.4. The molecule has 8 N–H and O–H groups in total. The summed E-state index contributed by atoms with van der Waals surface area (Å²) in [5.41, 5.74) is 0.996. The Morgan fingerprint density at radius 1 is 0.757 bits per heavy atom. The van der Waals surface area contributed by atoms with Crippen LogP contribution in [0, 0.1) is 0 Å². The second kappa shape index (κ2) is 31.2. The summed E-state index contributed by atoms with van der Waals surface area (Å²) in [5.74, 6) is -1.04. The molecule has 20 nitrogen and oxygen atoms in total. The van der Waals surface area contributed by atoms with Crippen LogP contribution >= 0.6 is 11.6 Å². The van der Waals surface area contributed by atoms with Crippen LogP contribution in [-0.4, -0.2) is 134 Å². The third kappa shape index (κ3) is 21.4. The van der Waals surface area contributed by atoms with Crippen LogP contribution in [0.5, 0.6) is 11.5 Å². The molecule has 1 heterocycles. The number of aliphatic hydroxyl groups excluding tert-OH is 3. The summed E-state index contributed by atoms with van der Waals surface area (Å²) < 4.78 is 32.1. The Balaban J connectivity index is 1.24. The van der Waals surface area contributed by atoms with E-state index in [4.69, 9.17) is 40.0 Å². The van der Waals surface area contributed by atoms with Crippen molar-refractivity contribution in [2.45, 2.75) is 160 Å². The number of halogens is 1. The van der Waals surface area contributed by atoms with E-state index in [1.807, 2.05) is 24.3 Å². The van der Waals surface area contributed by atoms with Crippen molar-refractivity contribution in [2.75, 3.05) is 41.0 Å². The minimum atomic E-state index is -1.50. The summed E-state index contributed by atoms with van der Waals surface area (Å²) in [6, 6.07) is 8.29. The van der Waals surface area contributed by atoms with Crippen molar-refractivity contribution in [2.24, 2.45) is 0 Å². The van der Waals surface area contributed by atoms with E-state index < -0.39 is 66.9 Å². The van der Waals surface area contributed by atoms with Gasteiger partial charge in [0.15, 0.2) is 6.29 Å². The molecule has 0 radical (unpaired) electrons. The average Bonchev–Trinajstić information content (AvgIpc) is 3.32. The van der Waals surface area contributed by atoms with Gasteiger partial charge in [0, 0.05) is 52.1 Å². The molecule has 70 heavy (non-hydrogen) atoms. The molecule has 0 unspecified atom stereocenters. The summed E-state index contributed by atoms with van der Waals surface area (Å²) in [4.78, 5) is 74.5. The topological polar surface area (TPSA) is 279 Å². The first-order valence-corrected chi connectivity index (χ1v) is 24.2. The molecular weight excluding hydrogens is 934 g/mol. The Labute approximate surface area is 415 Å². The van der Waals surface area contributed by atoms with Crippen LogP contribution in [0.2, 0.25) is 5.02 Å². The number of methoxy groups -OCH3 is 3. The largest absolute Gasteiger partial charge is 0.496 e. The number of carbonyl (C=O) groups is 6. The first kappa shape index (κ1) is 59.1. The van der Waals surface area contributed by atoms with Gasteiger partial charge in [-0.2, -0.15) is 0 Å². The highest BCUT2D eigenvalue weighted by atomic mass is 35.5. The van der Waals surface area contributed by atoms with Crippen LogP contribution in [0.1, 0.15) is 126 Å². The van der Waals surface area contributed by atoms with Crippen LogP contribution in [0.4, 0.5) is 4.79 Å². The Bertz CT molecular complexity index is 1980. The molecular formula is C49H74ClN5O15. The van der Waals surface area contributed by atoms with Crippen LogP contribution in [0.15, 0.2) is 36.4 Å². The van der Waals surface area contributed by atoms with Gasteiger partial charge in [0.25, 0.3) is 5.91 Å². The molecule has 2 aromatic rings. The number of rotatable bonds is 30. The fraction of sp³-hybridized carbons (Fsp3) is 0.633. The first-order chi connectivity index (χ1) is 33.4. The standard InChI is InChI=1S/C49H74ClN5O15/c1-49(2,3)70-48(64)54-35(46(63)66-5)19-13-15-24-52-40(58)21-12-9-14-23-51-39(57)20-10-7-8-11-22-41(59)53-28-31-17-16-18-32(25-31)30-68-37-27-36(65-4)33(26-34(37)50)45(62)55-42-44(61)43(60)38(29-56)69-47(42)67-6/h16-18,25-27,35,38,42-44,47,56,60-61H,7-15,19-24,28-30H2,1-6H3,(H,51,57)(H,52,58)(H,53,59)(H,54,64)(H,55,62)/t35-,38+,42+,43+,44+,47-/m0/s1. The molecule has 0 spiro atoms. The quantitative estimate of drug-likeness (QED) is 0.0404. The molecule has 1 saturated heterocycles. The van der Waals surface area contributed by atoms with Gasteiger partial charge in [-0.1, -0.05) is 55.1 Å². The zero-order chi connectivity index (χ0) is 51.6. The number of hydrogen-bond donors (Lipinski definition) is 8. The Morgan fingerprint density at radius 3 is 1.94 bits per heavy atom. The Hall–Kier alpha value is -5.25. The van der Waals surface area contributed by atoms with Gasteiger partial charge in [-0.15, -0.1) is 0 Å². The lowest BCUT2D eigenvalue weighted by Crippen LogP contribution is -2.64. The number of benzene rings is 2. The van der Waals surface area contributed by atoms with E-state index in [1.165, 1.54) is 33.5 Å². The Kier molecular flexibility index (Phi) is 26.3. The number of alkyl carbamates (subject to hydrolysis) is 1. The molecule has 0 aliphatic carbocycles. The number of carbonyl (C=O) groups excluding carboxylic acids is 6. The lowest BCUT2D eigenvalue weighted by Gasteiger charge is -2.41. The van der Waals surface area contributed by atoms with Gasteiger partial charge in [-0.05, 0) is 82.9 Å². The van der Waals surface area contributed by atoms with Crippen molar-refractivity contribution < 1.29 is 72.5 Å². The lowest BCUT2D eigenvalue weighted by atomic mass is 9.96. The van der Waals surface area contributed by atoms with Crippen molar-refractivity contribution in [3.63, 3.8) is 0 Å². The van der Waals surface area contributed by atoms with E-state index in [0.29, 0.717) is 71.0 Å². The van der Waals surface area contributed by atoms with E-state index in [9.17, 15) is 44.1 Å². The van der Waals surface area contributed by atoms with Crippen LogP contribution in [0.3, 0.4) is 0 Å². The smallest absolute Gasteiger partial charge is 0.408 e.